The first-order chi connectivity index (χ1) is 9.52. The van der Waals surface area contributed by atoms with Crippen LogP contribution < -0.4 is 5.73 Å². The van der Waals surface area contributed by atoms with Crippen molar-refractivity contribution in [3.05, 3.63) is 35.2 Å². The number of aryl methyl sites for hydroxylation is 3. The molecule has 0 atom stereocenters. The standard InChI is InChI=1S/C15H19N5/c1-9-14(10(2)20(4)18-9)15-17-12-7-11(8-16)5-6-13(12)19(15)3/h5-7H,8,16H2,1-4H3. The average Bonchev–Trinajstić information content (AvgIpc) is 2.87. The Morgan fingerprint density at radius 3 is 2.55 bits per heavy atom. The molecule has 2 N–H and O–H groups in total. The highest BCUT2D eigenvalue weighted by molar-refractivity contribution is 5.82. The summed E-state index contributed by atoms with van der Waals surface area (Å²) in [6, 6.07) is 6.19. The van der Waals surface area contributed by atoms with Crippen molar-refractivity contribution in [3.63, 3.8) is 0 Å². The molecule has 0 fully saturated rings. The zero-order valence-electron chi connectivity index (χ0n) is 12.3. The monoisotopic (exact) mass is 269 g/mol. The zero-order valence-corrected chi connectivity index (χ0v) is 12.3. The van der Waals surface area contributed by atoms with Crippen LogP contribution in [0.4, 0.5) is 0 Å². The predicted molar refractivity (Wildman–Crippen MR) is 80.3 cm³/mol. The molecular weight excluding hydrogens is 250 g/mol. The summed E-state index contributed by atoms with van der Waals surface area (Å²) >= 11 is 0. The van der Waals surface area contributed by atoms with E-state index in [-0.39, 0.29) is 0 Å². The van der Waals surface area contributed by atoms with Gasteiger partial charge in [-0.3, -0.25) is 4.68 Å². The number of fused-ring (bicyclic) bond motifs is 1. The minimum atomic E-state index is 0.535. The van der Waals surface area contributed by atoms with Gasteiger partial charge in [-0.25, -0.2) is 4.98 Å². The van der Waals surface area contributed by atoms with Crippen LogP contribution in [-0.4, -0.2) is 19.3 Å². The van der Waals surface area contributed by atoms with Crippen molar-refractivity contribution in [1.29, 1.82) is 0 Å². The van der Waals surface area contributed by atoms with Crippen LogP contribution in [-0.2, 0) is 20.6 Å². The Labute approximate surface area is 118 Å². The number of nitrogens with two attached hydrogens (primary N) is 1. The highest BCUT2D eigenvalue weighted by Crippen LogP contribution is 2.28. The van der Waals surface area contributed by atoms with E-state index in [9.17, 15) is 0 Å². The summed E-state index contributed by atoms with van der Waals surface area (Å²) in [5, 5.41) is 4.48. The Morgan fingerprint density at radius 2 is 1.95 bits per heavy atom. The molecular formula is C15H19N5. The molecule has 2 aromatic heterocycles. The van der Waals surface area contributed by atoms with Gasteiger partial charge in [-0.15, -0.1) is 0 Å². The third-order valence-electron chi connectivity index (χ3n) is 3.91. The largest absolute Gasteiger partial charge is 0.327 e. The van der Waals surface area contributed by atoms with Gasteiger partial charge in [-0.2, -0.15) is 5.10 Å². The second kappa shape index (κ2) is 4.45. The minimum absolute atomic E-state index is 0.535. The third-order valence-corrected chi connectivity index (χ3v) is 3.91. The van der Waals surface area contributed by atoms with Crippen LogP contribution in [0.25, 0.3) is 22.4 Å². The van der Waals surface area contributed by atoms with Gasteiger partial charge in [0, 0.05) is 26.3 Å². The number of imidazole rings is 1. The zero-order chi connectivity index (χ0) is 14.4. The van der Waals surface area contributed by atoms with Crippen molar-refractivity contribution in [3.8, 4) is 11.4 Å². The molecule has 0 saturated carbocycles. The predicted octanol–water partition coefficient (Wildman–Crippen LogP) is 2.05. The van der Waals surface area contributed by atoms with Crippen molar-refractivity contribution in [2.45, 2.75) is 20.4 Å². The smallest absolute Gasteiger partial charge is 0.144 e. The number of nitrogens with zero attached hydrogens (tertiary/aromatic N) is 4. The van der Waals surface area contributed by atoms with Crippen molar-refractivity contribution in [2.75, 3.05) is 0 Å². The maximum Gasteiger partial charge on any atom is 0.144 e. The molecule has 0 amide bonds. The number of aromatic nitrogens is 4. The first-order valence-electron chi connectivity index (χ1n) is 6.69. The second-order valence-corrected chi connectivity index (χ2v) is 5.19. The molecule has 5 heteroatoms. The molecule has 20 heavy (non-hydrogen) atoms. The summed E-state index contributed by atoms with van der Waals surface area (Å²) in [6.07, 6.45) is 0. The molecule has 0 unspecified atom stereocenters. The quantitative estimate of drug-likeness (QED) is 0.774. The summed E-state index contributed by atoms with van der Waals surface area (Å²) in [6.45, 7) is 4.62. The highest BCUT2D eigenvalue weighted by Gasteiger charge is 2.17. The lowest BCUT2D eigenvalue weighted by Gasteiger charge is -2.03. The van der Waals surface area contributed by atoms with Gasteiger partial charge < -0.3 is 10.3 Å². The molecule has 0 saturated heterocycles. The van der Waals surface area contributed by atoms with Crippen molar-refractivity contribution in [1.82, 2.24) is 19.3 Å². The van der Waals surface area contributed by atoms with Crippen molar-refractivity contribution >= 4 is 11.0 Å². The van der Waals surface area contributed by atoms with Crippen LogP contribution >= 0.6 is 0 Å². The van der Waals surface area contributed by atoms with E-state index in [2.05, 4.69) is 34.8 Å². The van der Waals surface area contributed by atoms with E-state index in [1.165, 1.54) is 0 Å². The van der Waals surface area contributed by atoms with Gasteiger partial charge in [0.25, 0.3) is 0 Å². The summed E-state index contributed by atoms with van der Waals surface area (Å²) in [4.78, 5) is 4.78. The van der Waals surface area contributed by atoms with Crippen molar-refractivity contribution < 1.29 is 0 Å². The van der Waals surface area contributed by atoms with Crippen LogP contribution in [0.2, 0.25) is 0 Å². The SMILES string of the molecule is Cc1nn(C)c(C)c1-c1nc2cc(CN)ccc2n1C. The summed E-state index contributed by atoms with van der Waals surface area (Å²) in [7, 11) is 4.00. The van der Waals surface area contributed by atoms with E-state index in [0.717, 1.165) is 39.4 Å². The van der Waals surface area contributed by atoms with Crippen LogP contribution in [0.3, 0.4) is 0 Å². The van der Waals surface area contributed by atoms with Gasteiger partial charge in [0.1, 0.15) is 5.82 Å². The molecule has 0 aliphatic rings. The molecule has 0 aliphatic carbocycles. The Bertz CT molecular complexity index is 794. The van der Waals surface area contributed by atoms with E-state index in [4.69, 9.17) is 10.7 Å². The lowest BCUT2D eigenvalue weighted by Crippen LogP contribution is -1.96. The van der Waals surface area contributed by atoms with Crippen LogP contribution in [0.15, 0.2) is 18.2 Å². The number of benzene rings is 1. The topological polar surface area (TPSA) is 61.7 Å². The molecule has 104 valence electrons. The van der Waals surface area contributed by atoms with Crippen LogP contribution in [0.5, 0.6) is 0 Å². The van der Waals surface area contributed by atoms with Crippen molar-refractivity contribution in [2.24, 2.45) is 19.8 Å². The summed E-state index contributed by atoms with van der Waals surface area (Å²) < 4.78 is 4.02. The number of hydrogen-bond donors (Lipinski definition) is 1. The van der Waals surface area contributed by atoms with E-state index in [1.807, 2.05) is 25.7 Å². The maximum atomic E-state index is 5.70. The number of rotatable bonds is 2. The fraction of sp³-hybridized carbons (Fsp3) is 0.333. The summed E-state index contributed by atoms with van der Waals surface area (Å²) in [5.41, 5.74) is 12.1. The fourth-order valence-corrected chi connectivity index (χ4v) is 2.69. The molecule has 2 heterocycles. The molecule has 0 spiro atoms. The lowest BCUT2D eigenvalue weighted by molar-refractivity contribution is 0.731. The van der Waals surface area contributed by atoms with Gasteiger partial charge >= 0.3 is 0 Å². The molecule has 0 radical (unpaired) electrons. The Morgan fingerprint density at radius 1 is 1.20 bits per heavy atom. The Kier molecular flexibility index (Phi) is 2.87. The molecule has 3 aromatic rings. The van der Waals surface area contributed by atoms with E-state index >= 15 is 0 Å². The van der Waals surface area contributed by atoms with Gasteiger partial charge in [0.2, 0.25) is 0 Å². The fourth-order valence-electron chi connectivity index (χ4n) is 2.69. The molecule has 1 aromatic carbocycles. The third kappa shape index (κ3) is 1.74. The minimum Gasteiger partial charge on any atom is -0.327 e. The first kappa shape index (κ1) is 12.9. The summed E-state index contributed by atoms with van der Waals surface area (Å²) in [5.74, 6) is 0.956. The average molecular weight is 269 g/mol. The molecule has 0 bridgehead atoms. The van der Waals surface area contributed by atoms with Gasteiger partial charge in [0.05, 0.1) is 22.3 Å². The van der Waals surface area contributed by atoms with Crippen LogP contribution in [0, 0.1) is 13.8 Å². The lowest BCUT2D eigenvalue weighted by atomic mass is 10.2. The highest BCUT2D eigenvalue weighted by atomic mass is 15.3. The Balaban J connectivity index is 2.29. The first-order valence-corrected chi connectivity index (χ1v) is 6.69. The maximum absolute atomic E-state index is 5.70. The van der Waals surface area contributed by atoms with E-state index in [0.29, 0.717) is 6.54 Å². The van der Waals surface area contributed by atoms with Gasteiger partial charge in [-0.05, 0) is 31.5 Å². The number of hydrogen-bond acceptors (Lipinski definition) is 3. The van der Waals surface area contributed by atoms with E-state index < -0.39 is 0 Å². The molecule has 0 aliphatic heterocycles. The normalized spacial score (nSPS) is 11.4. The second-order valence-electron chi connectivity index (χ2n) is 5.19. The molecule has 3 rings (SSSR count). The van der Waals surface area contributed by atoms with E-state index in [1.54, 1.807) is 0 Å². The Hall–Kier alpha value is -2.14. The van der Waals surface area contributed by atoms with Gasteiger partial charge in [-0.1, -0.05) is 6.07 Å². The van der Waals surface area contributed by atoms with Gasteiger partial charge in [0.15, 0.2) is 0 Å². The van der Waals surface area contributed by atoms with Crippen LogP contribution in [0.1, 0.15) is 17.0 Å². The molecule has 5 nitrogen and oxygen atoms in total.